The van der Waals surface area contributed by atoms with Crippen LogP contribution in [0, 0.1) is 0 Å². The summed E-state index contributed by atoms with van der Waals surface area (Å²) in [6.45, 7) is 0. The van der Waals surface area contributed by atoms with E-state index >= 15 is 0 Å². The van der Waals surface area contributed by atoms with Crippen LogP contribution in [0.3, 0.4) is 0 Å². The third-order valence-electron chi connectivity index (χ3n) is 9.72. The first-order chi connectivity index (χ1) is 25.2. The van der Waals surface area contributed by atoms with Gasteiger partial charge < -0.3 is 4.42 Å². The van der Waals surface area contributed by atoms with E-state index in [1.54, 1.807) is 0 Å². The summed E-state index contributed by atoms with van der Waals surface area (Å²) in [5.74, 6) is 1.84. The Labute approximate surface area is 294 Å². The molecule has 0 atom stereocenters. The van der Waals surface area contributed by atoms with Crippen LogP contribution in [-0.2, 0) is 0 Å². The molecule has 0 aliphatic rings. The van der Waals surface area contributed by atoms with Crippen molar-refractivity contribution < 1.29 is 4.42 Å². The number of furan rings is 1. The maximum Gasteiger partial charge on any atom is 0.164 e. The van der Waals surface area contributed by atoms with Gasteiger partial charge in [-0.3, -0.25) is 0 Å². The molecule has 0 aliphatic carbocycles. The highest BCUT2D eigenvalue weighted by Gasteiger charge is 2.21. The van der Waals surface area contributed by atoms with Gasteiger partial charge in [0.2, 0.25) is 0 Å². The highest BCUT2D eigenvalue weighted by atomic mass is 16.3. The lowest BCUT2D eigenvalue weighted by atomic mass is 9.92. The second-order valence-corrected chi connectivity index (χ2v) is 12.8. The van der Waals surface area contributed by atoms with E-state index in [1.807, 2.05) is 24.3 Å². The van der Waals surface area contributed by atoms with Crippen molar-refractivity contribution in [3.05, 3.63) is 176 Å². The Morgan fingerprint density at radius 2 is 0.863 bits per heavy atom. The first-order valence-electron chi connectivity index (χ1n) is 17.1. The van der Waals surface area contributed by atoms with E-state index in [0.29, 0.717) is 17.5 Å². The molecule has 238 valence electrons. The number of aromatic nitrogens is 3. The fourth-order valence-electron chi connectivity index (χ4n) is 7.17. The van der Waals surface area contributed by atoms with Crippen LogP contribution in [0.25, 0.3) is 99.9 Å². The number of nitrogens with zero attached hydrogens (tertiary/aromatic N) is 3. The van der Waals surface area contributed by atoms with Crippen LogP contribution in [0.4, 0.5) is 0 Å². The molecule has 0 bridgehead atoms. The van der Waals surface area contributed by atoms with E-state index in [4.69, 9.17) is 19.4 Å². The minimum Gasteiger partial charge on any atom is -0.456 e. The van der Waals surface area contributed by atoms with Crippen molar-refractivity contribution in [3.8, 4) is 56.4 Å². The van der Waals surface area contributed by atoms with Crippen molar-refractivity contribution in [1.82, 2.24) is 15.0 Å². The van der Waals surface area contributed by atoms with Crippen molar-refractivity contribution in [2.24, 2.45) is 0 Å². The smallest absolute Gasteiger partial charge is 0.164 e. The molecule has 0 N–H and O–H groups in total. The molecule has 51 heavy (non-hydrogen) atoms. The lowest BCUT2D eigenvalue weighted by Gasteiger charge is -2.14. The summed E-state index contributed by atoms with van der Waals surface area (Å²) in [5.41, 5.74) is 8.84. The molecular formula is C47H29N3O. The largest absolute Gasteiger partial charge is 0.456 e. The Hall–Kier alpha value is -6.91. The van der Waals surface area contributed by atoms with Gasteiger partial charge in [0.1, 0.15) is 11.2 Å². The predicted octanol–water partition coefficient (Wildman–Crippen LogP) is 12.4. The number of fused-ring (bicyclic) bond motifs is 5. The van der Waals surface area contributed by atoms with Crippen LogP contribution in [0.2, 0.25) is 0 Å². The molecule has 8 aromatic carbocycles. The molecule has 4 heteroatoms. The molecule has 0 aliphatic heterocycles. The van der Waals surface area contributed by atoms with Gasteiger partial charge in [-0.25, -0.2) is 15.0 Å². The lowest BCUT2D eigenvalue weighted by Crippen LogP contribution is -2.01. The summed E-state index contributed by atoms with van der Waals surface area (Å²) in [4.78, 5) is 15.6. The van der Waals surface area contributed by atoms with E-state index in [9.17, 15) is 0 Å². The standard InChI is InChI=1S/C47H29N3O/c1-2-10-30(11-3-1)33-18-22-34(23-19-33)45-48-46(38-25-21-32-13-5-7-15-36(32)29-38)50-47(49-45)40-26-27-42-44(39-16-8-9-17-41(39)51-42)43(40)37-24-20-31-12-4-6-14-35(31)28-37/h1-29H. The maximum absolute atomic E-state index is 6.41. The predicted molar refractivity (Wildman–Crippen MR) is 209 cm³/mol. The summed E-state index contributed by atoms with van der Waals surface area (Å²) in [6, 6.07) is 61.1. The zero-order valence-electron chi connectivity index (χ0n) is 27.5. The molecule has 0 radical (unpaired) electrons. The fraction of sp³-hybridized carbons (Fsp3) is 0. The summed E-state index contributed by atoms with van der Waals surface area (Å²) in [5, 5.41) is 6.75. The van der Waals surface area contributed by atoms with Gasteiger partial charge in [0.05, 0.1) is 0 Å². The highest BCUT2D eigenvalue weighted by molar-refractivity contribution is 6.16. The molecule has 0 spiro atoms. The first kappa shape index (κ1) is 29.0. The van der Waals surface area contributed by atoms with E-state index in [0.717, 1.165) is 71.7 Å². The molecule has 0 fully saturated rings. The average Bonchev–Trinajstić information content (AvgIpc) is 3.59. The van der Waals surface area contributed by atoms with Crippen molar-refractivity contribution in [3.63, 3.8) is 0 Å². The molecular weight excluding hydrogens is 623 g/mol. The molecule has 0 unspecified atom stereocenters. The zero-order valence-corrected chi connectivity index (χ0v) is 27.5. The summed E-state index contributed by atoms with van der Waals surface area (Å²) >= 11 is 0. The monoisotopic (exact) mass is 651 g/mol. The quantitative estimate of drug-likeness (QED) is 0.186. The summed E-state index contributed by atoms with van der Waals surface area (Å²) in [6.07, 6.45) is 0. The molecule has 0 amide bonds. The van der Waals surface area contributed by atoms with Crippen molar-refractivity contribution in [2.45, 2.75) is 0 Å². The Kier molecular flexibility index (Phi) is 6.78. The van der Waals surface area contributed by atoms with Gasteiger partial charge in [-0.15, -0.1) is 0 Å². The molecule has 0 saturated carbocycles. The van der Waals surface area contributed by atoms with Gasteiger partial charge in [0.25, 0.3) is 0 Å². The Morgan fingerprint density at radius 1 is 0.333 bits per heavy atom. The van der Waals surface area contributed by atoms with Gasteiger partial charge in [-0.2, -0.15) is 0 Å². The number of hydrogen-bond acceptors (Lipinski definition) is 4. The van der Waals surface area contributed by atoms with E-state index < -0.39 is 0 Å². The van der Waals surface area contributed by atoms with Crippen LogP contribution < -0.4 is 0 Å². The van der Waals surface area contributed by atoms with Gasteiger partial charge in [-0.05, 0) is 68.6 Å². The Morgan fingerprint density at radius 3 is 1.61 bits per heavy atom. The molecule has 4 nitrogen and oxygen atoms in total. The molecule has 2 heterocycles. The van der Waals surface area contributed by atoms with Crippen LogP contribution in [0.1, 0.15) is 0 Å². The normalized spacial score (nSPS) is 11.5. The van der Waals surface area contributed by atoms with Gasteiger partial charge in [0, 0.05) is 33.0 Å². The third-order valence-corrected chi connectivity index (χ3v) is 9.72. The summed E-state index contributed by atoms with van der Waals surface area (Å²) in [7, 11) is 0. The molecule has 2 aromatic heterocycles. The van der Waals surface area contributed by atoms with E-state index in [1.165, 1.54) is 10.8 Å². The minimum absolute atomic E-state index is 0.602. The van der Waals surface area contributed by atoms with Crippen LogP contribution >= 0.6 is 0 Å². The SMILES string of the molecule is c1ccc(-c2ccc(-c3nc(-c4ccc5ccccc5c4)nc(-c4ccc5oc6ccccc6c5c4-c4ccc5ccccc5c4)n3)cc2)cc1. The van der Waals surface area contributed by atoms with E-state index in [2.05, 4.69) is 152 Å². The lowest BCUT2D eigenvalue weighted by molar-refractivity contribution is 0.669. The second-order valence-electron chi connectivity index (χ2n) is 12.8. The van der Waals surface area contributed by atoms with Crippen molar-refractivity contribution in [1.29, 1.82) is 0 Å². The Balaban J connectivity index is 1.23. The van der Waals surface area contributed by atoms with Crippen molar-refractivity contribution in [2.75, 3.05) is 0 Å². The number of hydrogen-bond donors (Lipinski definition) is 0. The van der Waals surface area contributed by atoms with Gasteiger partial charge in [0.15, 0.2) is 17.5 Å². The number of rotatable bonds is 5. The topological polar surface area (TPSA) is 51.8 Å². The van der Waals surface area contributed by atoms with Crippen LogP contribution in [0.5, 0.6) is 0 Å². The molecule has 10 aromatic rings. The average molecular weight is 652 g/mol. The third kappa shape index (κ3) is 5.13. The highest BCUT2D eigenvalue weighted by Crippen LogP contribution is 2.43. The fourth-order valence-corrected chi connectivity index (χ4v) is 7.17. The van der Waals surface area contributed by atoms with E-state index in [-0.39, 0.29) is 0 Å². The van der Waals surface area contributed by atoms with Crippen LogP contribution in [0.15, 0.2) is 180 Å². The molecule has 0 saturated heterocycles. The van der Waals surface area contributed by atoms with Gasteiger partial charge >= 0.3 is 0 Å². The van der Waals surface area contributed by atoms with Crippen molar-refractivity contribution >= 4 is 43.5 Å². The summed E-state index contributed by atoms with van der Waals surface area (Å²) < 4.78 is 6.41. The van der Waals surface area contributed by atoms with Crippen LogP contribution in [-0.4, -0.2) is 15.0 Å². The number of benzene rings is 8. The van der Waals surface area contributed by atoms with Gasteiger partial charge in [-0.1, -0.05) is 146 Å². The second kappa shape index (κ2) is 11.9. The molecule has 10 rings (SSSR count). The Bertz CT molecular complexity index is 2910. The maximum atomic E-state index is 6.41. The number of para-hydroxylation sites is 1. The minimum atomic E-state index is 0.602. The zero-order chi connectivity index (χ0) is 33.7. The first-order valence-corrected chi connectivity index (χ1v) is 17.1.